The Morgan fingerprint density at radius 1 is 1.00 bits per heavy atom. The minimum absolute atomic E-state index is 0. The molecule has 0 spiro atoms. The molecule has 0 rings (SSSR count). The molecule has 8 heavy (non-hydrogen) atoms. The Balaban J connectivity index is -0.00000000800. The molecule has 0 saturated heterocycles. The summed E-state index contributed by atoms with van der Waals surface area (Å²) in [4.78, 5) is 29.3. The number of hydrogen-bond donors (Lipinski definition) is 4. The Kier molecular flexibility index (Phi) is 27.2. The first-order valence-corrected chi connectivity index (χ1v) is 2.68. The molecule has 4 N–H and O–H groups in total. The molecule has 0 aliphatic rings. The average Bonchev–Trinajstić information content (AvgIpc) is 0.722. The first-order valence-electron chi connectivity index (χ1n) is 0.894. The van der Waals surface area contributed by atoms with Gasteiger partial charge < -0.3 is 22.0 Å². The first-order chi connectivity index (χ1) is 2.00. The van der Waals surface area contributed by atoms with E-state index in [1.807, 2.05) is 0 Å². The summed E-state index contributed by atoms with van der Waals surface area (Å²) in [7, 11) is -4.61. The van der Waals surface area contributed by atoms with Gasteiger partial charge in [0.05, 0.1) is 0 Å². The molecular weight excluding hydrogens is 295 g/mol. The van der Waals surface area contributed by atoms with Crippen molar-refractivity contribution in [3.05, 3.63) is 0 Å². The van der Waals surface area contributed by atoms with Gasteiger partial charge in [0.25, 0.3) is 0 Å². The van der Waals surface area contributed by atoms with E-state index in [1.165, 1.54) is 0 Å². The van der Waals surface area contributed by atoms with E-state index in [0.717, 1.165) is 0 Å². The molecule has 4 nitrogen and oxygen atoms in total. The third-order valence-electron chi connectivity index (χ3n) is 0. The van der Waals surface area contributed by atoms with Gasteiger partial charge in [-0.05, 0) is 0 Å². The maximum Gasteiger partial charge on any atom is 0 e. The summed E-state index contributed by atoms with van der Waals surface area (Å²) in [5.41, 5.74) is 0. The van der Waals surface area contributed by atoms with Crippen LogP contribution in [0.15, 0.2) is 0 Å². The van der Waals surface area contributed by atoms with Crippen molar-refractivity contribution < 1.29 is 44.4 Å². The van der Waals surface area contributed by atoms with Crippen molar-refractivity contribution in [1.82, 2.24) is 0 Å². The summed E-state index contributed by atoms with van der Waals surface area (Å²) in [5, 5.41) is 0. The molecule has 47 valence electrons. The molecule has 0 aliphatic carbocycles. The topological polar surface area (TPSA) is 80.9 Å². The Labute approximate surface area is 109 Å². The van der Waals surface area contributed by atoms with Gasteiger partial charge in [0.15, 0.2) is 0 Å². The fourth-order valence-corrected chi connectivity index (χ4v) is 0. The van der Waals surface area contributed by atoms with E-state index < -0.39 is 9.05 Å². The van der Waals surface area contributed by atoms with Crippen LogP contribution in [0.3, 0.4) is 0 Å². The van der Waals surface area contributed by atoms with Gasteiger partial charge >= 0.3 is 66.6 Å². The third kappa shape index (κ3) is 70.9. The monoisotopic (exact) mass is 303 g/mol. The van der Waals surface area contributed by atoms with Crippen molar-refractivity contribution in [3.8, 4) is 0 Å². The first kappa shape index (κ1) is 22.4. The molecule has 8 heteroatoms. The molecule has 0 heterocycles. The standard InChI is InChI=1S/Ca.Ga.Nb.H4O4Si.5H/c;;;1-5(2,3)4;;;;;/h;;;1-4H;;;;;/q+2;;;;;;;2*-1. The summed E-state index contributed by atoms with van der Waals surface area (Å²) in [6.07, 6.45) is 0. The molecule has 0 aromatic carbocycles. The second kappa shape index (κ2) is 9.69. The normalized spacial score (nSPS) is 7.50. The van der Waals surface area contributed by atoms with Crippen LogP contribution in [0.2, 0.25) is 0 Å². The van der Waals surface area contributed by atoms with Gasteiger partial charge in [0.2, 0.25) is 0 Å². The van der Waals surface area contributed by atoms with E-state index in [1.54, 1.807) is 0 Å². The second-order valence-corrected chi connectivity index (χ2v) is 1.80. The predicted molar refractivity (Wildman–Crippen MR) is 32.5 cm³/mol. The largest absolute Gasteiger partial charge is 1.00 e. The zero-order valence-electron chi connectivity index (χ0n) is 5.44. The van der Waals surface area contributed by atoms with Crippen molar-refractivity contribution in [2.75, 3.05) is 0 Å². The Hall–Kier alpha value is 2.69. The van der Waals surface area contributed by atoms with Gasteiger partial charge in [0.1, 0.15) is 0 Å². The molecule has 0 saturated carbocycles. The smallest absolute Gasteiger partial charge is 0 e. The molecule has 0 bridgehead atoms. The minimum Gasteiger partial charge on any atom is -1.00 e. The Morgan fingerprint density at radius 3 is 1.00 bits per heavy atom. The Bertz CT molecular complexity index is 38.7. The van der Waals surface area contributed by atoms with Crippen molar-refractivity contribution in [2.45, 2.75) is 0 Å². The van der Waals surface area contributed by atoms with E-state index in [-0.39, 0.29) is 82.8 Å². The van der Waals surface area contributed by atoms with E-state index in [0.29, 0.717) is 0 Å². The summed E-state index contributed by atoms with van der Waals surface area (Å²) in [6, 6.07) is 0. The van der Waals surface area contributed by atoms with Crippen LogP contribution < -0.4 is 0 Å². The van der Waals surface area contributed by atoms with E-state index >= 15 is 0 Å². The van der Waals surface area contributed by atoms with Gasteiger partial charge in [-0.1, -0.05) is 0 Å². The van der Waals surface area contributed by atoms with Crippen molar-refractivity contribution in [2.24, 2.45) is 0 Å². The van der Waals surface area contributed by atoms with E-state index in [2.05, 4.69) is 0 Å². The van der Waals surface area contributed by atoms with Crippen molar-refractivity contribution in [1.29, 1.82) is 0 Å². The van der Waals surface area contributed by atoms with Gasteiger partial charge in [-0.15, -0.1) is 0 Å². The zero-order valence-corrected chi connectivity index (χ0v) is 8.85. The van der Waals surface area contributed by atoms with Crippen molar-refractivity contribution >= 4 is 66.6 Å². The van der Waals surface area contributed by atoms with Gasteiger partial charge in [0, 0.05) is 22.4 Å². The summed E-state index contributed by atoms with van der Waals surface area (Å²) in [6.45, 7) is 0. The van der Waals surface area contributed by atoms with Crippen LogP contribution in [-0.4, -0.2) is 85.8 Å². The van der Waals surface area contributed by atoms with Crippen molar-refractivity contribution in [3.63, 3.8) is 0 Å². The quantitative estimate of drug-likeness (QED) is 0.344. The number of hydrogen-bond acceptors (Lipinski definition) is 4. The van der Waals surface area contributed by atoms with Gasteiger partial charge in [-0.2, -0.15) is 0 Å². The Morgan fingerprint density at radius 2 is 1.00 bits per heavy atom. The summed E-state index contributed by atoms with van der Waals surface area (Å²) < 4.78 is 0. The molecule has 0 atom stereocenters. The fraction of sp³-hybridized carbons (Fsp3) is 0. The molecule has 1 radical (unpaired) electrons. The second-order valence-electron chi connectivity index (χ2n) is 0.600. The number of rotatable bonds is 0. The molecule has 0 aliphatic heterocycles. The SMILES string of the molecule is O[Si](O)(O)O.[Ca+2].[GaH3].[H-].[H-].[Nb]. The van der Waals surface area contributed by atoms with Crippen LogP contribution in [0.25, 0.3) is 0 Å². The summed E-state index contributed by atoms with van der Waals surface area (Å²) >= 11 is 0. The van der Waals surface area contributed by atoms with Crippen LogP contribution >= 0.6 is 0 Å². The average molecular weight is 304 g/mol. The maximum atomic E-state index is 7.33. The molecule has 0 fully saturated rings. The van der Waals surface area contributed by atoms with Crippen LogP contribution in [0.1, 0.15) is 2.85 Å². The predicted octanol–water partition coefficient (Wildman–Crippen LogP) is -3.95. The zero-order chi connectivity index (χ0) is 4.50. The maximum absolute atomic E-state index is 7.33. The van der Waals surface area contributed by atoms with Crippen LogP contribution in [0, 0.1) is 0 Å². The molecular formula is H9CaGaNbO4Si. The van der Waals surface area contributed by atoms with Gasteiger partial charge in [-0.3, -0.25) is 0 Å². The van der Waals surface area contributed by atoms with E-state index in [9.17, 15) is 0 Å². The van der Waals surface area contributed by atoms with E-state index in [4.69, 9.17) is 19.2 Å². The fourth-order valence-electron chi connectivity index (χ4n) is 0. The van der Waals surface area contributed by atoms with Crippen LogP contribution in [-0.2, 0) is 22.4 Å². The van der Waals surface area contributed by atoms with Gasteiger partial charge in [-0.25, -0.2) is 0 Å². The molecule has 0 aromatic heterocycles. The van der Waals surface area contributed by atoms with Crippen LogP contribution in [0.4, 0.5) is 0 Å². The summed E-state index contributed by atoms with van der Waals surface area (Å²) in [5.74, 6) is 0. The molecule has 0 unspecified atom stereocenters. The third-order valence-corrected chi connectivity index (χ3v) is 0. The molecule has 0 aromatic rings. The molecule has 0 amide bonds. The van der Waals surface area contributed by atoms with Crippen LogP contribution in [0.5, 0.6) is 0 Å². The minimum atomic E-state index is -4.61.